The van der Waals surface area contributed by atoms with Crippen molar-refractivity contribution < 1.29 is 303 Å². The molecule has 2 amide bonds. The molecule has 0 aromatic heterocycles. The van der Waals surface area contributed by atoms with Crippen molar-refractivity contribution >= 4 is 178 Å². The maximum atomic E-state index is 14.0. The number of hydrogen-bond acceptors (Lipinski definition) is 54. The van der Waals surface area contributed by atoms with Gasteiger partial charge in [0.05, 0.1) is 26.4 Å². The van der Waals surface area contributed by atoms with Crippen LogP contribution in [0.5, 0.6) is 0 Å². The van der Waals surface area contributed by atoms with E-state index in [1.807, 2.05) is 0 Å². The lowest BCUT2D eigenvalue weighted by molar-refractivity contribution is -0.312. The molecule has 2 aliphatic rings. The summed E-state index contributed by atoms with van der Waals surface area (Å²) >= 11 is 0. The zero-order valence-electron chi connectivity index (χ0n) is 57.3. The first-order valence-corrected chi connectivity index (χ1v) is 51.1. The molecule has 0 saturated carbocycles. The Morgan fingerprint density at radius 1 is 0.256 bits per heavy atom. The van der Waals surface area contributed by atoms with Crippen molar-refractivity contribution in [3.63, 3.8) is 0 Å². The topological polar surface area (TPSA) is 1110 Å². The number of carbonyl (C=O) groups is 2. The van der Waals surface area contributed by atoms with Crippen molar-refractivity contribution in [2.75, 3.05) is 39.5 Å². The normalized spacial score (nSPS) is 23.7. The van der Waals surface area contributed by atoms with E-state index in [1.54, 1.807) is 10.6 Å². The minimum absolute atomic E-state index is 0.112. The molecule has 0 spiro atoms. The summed E-state index contributed by atoms with van der Waals surface area (Å²) < 4.78 is 628. The smallest absolute Gasteiger partial charge is 0.354 e. The highest BCUT2D eigenvalue weighted by Gasteiger charge is 2.60. The van der Waals surface area contributed by atoms with Crippen LogP contribution in [-0.2, 0) is 262 Å². The number of carbonyl (C=O) groups excluding carboxylic acids is 2. The van der Waals surface area contributed by atoms with Gasteiger partial charge in [-0.15, -0.1) is 0 Å². The summed E-state index contributed by atoms with van der Waals surface area (Å²) in [6.45, 7) is -11.5. The van der Waals surface area contributed by atoms with Gasteiger partial charge in [-0.2, -0.15) is 135 Å². The molecule has 0 unspecified atom stereocenters. The second-order valence-electron chi connectivity index (χ2n) is 22.1. The fourth-order valence-corrected chi connectivity index (χ4v) is 16.5. The third-order valence-corrected chi connectivity index (χ3v) is 20.4. The highest BCUT2D eigenvalue weighted by molar-refractivity contribution is 7.84. The molecule has 2 fully saturated rings. The summed E-state index contributed by atoms with van der Waals surface area (Å²) in [6, 6.07) is 0. The van der Waals surface area contributed by atoms with Crippen LogP contribution in [0.15, 0.2) is 0 Å². The van der Waals surface area contributed by atoms with E-state index in [1.165, 1.54) is 0 Å². The van der Waals surface area contributed by atoms with Crippen LogP contribution in [0.25, 0.3) is 0 Å². The van der Waals surface area contributed by atoms with E-state index in [4.69, 9.17) is 18.9 Å². The molecule has 0 aliphatic carbocycles. The van der Waals surface area contributed by atoms with Crippen LogP contribution in [0, 0.1) is 0 Å². The monoisotopic (exact) mass is 2120 g/mol. The van der Waals surface area contributed by atoms with Crippen LogP contribution >= 0.6 is 0 Å². The summed E-state index contributed by atoms with van der Waals surface area (Å²) in [7, 11) is -103. The molecule has 0 radical (unpaired) electrons. The third-order valence-electron chi connectivity index (χ3n) is 13.0. The lowest BCUT2D eigenvalue weighted by Gasteiger charge is -2.45. The van der Waals surface area contributed by atoms with Gasteiger partial charge in [0.25, 0.3) is 11.8 Å². The number of nitrogens with one attached hydrogen (secondary N) is 2. The van der Waals surface area contributed by atoms with Crippen molar-refractivity contribution in [2.24, 2.45) is 0 Å². The standard InChI is InChI=1S/C33H62N2O70S16/c36-30(26(102-118(74,75)76)22(98-114(62,63)64)18(16(94-110(50,51)52)12-88-108(44,45)46)92-32-28(104-120(80,81)82)24(100-116(68,69)70)20(96-112(56,57)58)14(90-32)10-86-106(38,39)40)34-8-6-4-2-1-3-5-7-9-35-31(37)27(103-119(77,78)79)23(99-115(65,66)67)19(17(95-111(53,54)55)13-89-109(47,48)49)93-33-29(105-121(83,84)85)25(101-117(71,72)73)21(97-113(59,60)61)15(91-33)11-87-107(41,42)43/h14-29,32-33H,1-13H2,(H,34,36)(H,35,37)(H,38,39,40)(H,41,42,43)(H,44,45,46)(H,47,48,49)(H,50,51,52)(H,53,54,55)(H,56,57,58)(H,59,60,61)(H,62,63,64)(H,65,66,67)(H,68,69,70)(H,71,72,73)(H,74,75,76)(H,77,78,79)(H,80,81,82)(H,83,84,85)/t14-,15+,16-,17+,18-,19+,20+,21-,22+,23-,24+,25-,26-,27+,28-,29+,32+,33-. The fourth-order valence-electron chi connectivity index (χ4n) is 9.44. The molecule has 0 aromatic rings. The predicted molar refractivity (Wildman–Crippen MR) is 352 cm³/mol. The van der Waals surface area contributed by atoms with Crippen molar-refractivity contribution in [3.8, 4) is 0 Å². The maximum absolute atomic E-state index is 14.0. The summed E-state index contributed by atoms with van der Waals surface area (Å²) in [5.74, 6) is -4.73. The van der Waals surface area contributed by atoms with Gasteiger partial charge in [0.15, 0.2) is 37.0 Å². The summed E-state index contributed by atoms with van der Waals surface area (Å²) in [5, 5.41) is 3.37. The average molecular weight is 2120 g/mol. The Hall–Kier alpha value is -3.30. The average Bonchev–Trinajstić information content (AvgIpc) is 0.766. The van der Waals surface area contributed by atoms with Crippen molar-refractivity contribution in [3.05, 3.63) is 0 Å². The molecular formula is C33H62N2O70S16. The number of hydrogen-bond donors (Lipinski definition) is 18. The first-order valence-electron chi connectivity index (χ1n) is 29.3. The highest BCUT2D eigenvalue weighted by atomic mass is 32.3. The number of unbranched alkanes of at least 4 members (excludes halogenated alkanes) is 6. The predicted octanol–water partition coefficient (Wildman–Crippen LogP) is -12.3. The Morgan fingerprint density at radius 3 is 0.702 bits per heavy atom. The maximum Gasteiger partial charge on any atom is 0.398 e. The molecule has 2 aliphatic heterocycles. The zero-order valence-corrected chi connectivity index (χ0v) is 70.4. The van der Waals surface area contributed by atoms with Gasteiger partial charge in [0.2, 0.25) is 0 Å². The van der Waals surface area contributed by atoms with Gasteiger partial charge >= 0.3 is 166 Å². The van der Waals surface area contributed by atoms with Gasteiger partial charge in [-0.1, -0.05) is 32.1 Å². The second kappa shape index (κ2) is 44.3. The van der Waals surface area contributed by atoms with Crippen molar-refractivity contribution in [1.29, 1.82) is 0 Å². The van der Waals surface area contributed by atoms with Crippen LogP contribution in [-0.4, -0.2) is 369 Å². The van der Waals surface area contributed by atoms with Gasteiger partial charge in [-0.25, -0.2) is 66.9 Å². The van der Waals surface area contributed by atoms with E-state index < -0.39 is 341 Å². The summed E-state index contributed by atoms with van der Waals surface area (Å²) in [4.78, 5) is 28.0. The van der Waals surface area contributed by atoms with Gasteiger partial charge in [0.1, 0.15) is 73.2 Å². The zero-order chi connectivity index (χ0) is 94.3. The number of amides is 2. The largest absolute Gasteiger partial charge is 0.398 e. The Balaban J connectivity index is 2.80. The fraction of sp³-hybridized carbons (Fsp3) is 0.939. The third kappa shape index (κ3) is 50.3. The Labute approximate surface area is 682 Å². The molecule has 2 heterocycles. The van der Waals surface area contributed by atoms with Crippen LogP contribution in [0.4, 0.5) is 0 Å². The molecule has 121 heavy (non-hydrogen) atoms. The summed E-state index contributed by atoms with van der Waals surface area (Å²) in [6.07, 6.45) is -69.3. The minimum atomic E-state index is -6.72. The molecule has 0 bridgehead atoms. The Kier molecular flexibility index (Phi) is 41.7. The lowest BCUT2D eigenvalue weighted by atomic mass is 9.98. The summed E-state index contributed by atoms with van der Waals surface area (Å²) in [5.41, 5.74) is 0. The Morgan fingerprint density at radius 2 is 0.479 bits per heavy atom. The lowest BCUT2D eigenvalue weighted by Crippen LogP contribution is -2.65. The van der Waals surface area contributed by atoms with Gasteiger partial charge in [0, 0.05) is 13.1 Å². The van der Waals surface area contributed by atoms with Gasteiger partial charge in [-0.3, -0.25) is 82.4 Å². The number of ether oxygens (including phenoxy) is 4. The van der Waals surface area contributed by atoms with Crippen LogP contribution in [0.2, 0.25) is 0 Å². The Bertz CT molecular complexity index is 5150. The second-order valence-corrected chi connectivity index (χ2v) is 39.1. The molecular weight excluding hydrogens is 2060 g/mol. The number of rotatable bonds is 58. The molecule has 88 heteroatoms. The van der Waals surface area contributed by atoms with E-state index in [9.17, 15) is 217 Å². The first kappa shape index (κ1) is 114. The SMILES string of the molecule is O=C(NCCCCCCCCCNC(=O)[C@H](OS(=O)(=O)O)[C@@H](OS(=O)(=O)O)[C@H](O[C@@H]1O[C@H](COS(=O)(=O)O)[C@H](OS(=O)(=O)O)[C@H](OS(=O)(=O)O)[C@H]1OS(=O)(=O)O)[C@@H](COS(=O)(=O)O)OS(=O)(=O)O)[C@@H](OS(=O)(=O)O)[C@H](OS(=O)(=O)O)[C@@H](O[C@H]1O[C@@H](COS(=O)(=O)O)[C@@H](OS(=O)(=O)O)[C@@H](OS(=O)(=O)O)[C@@H]1OS(=O)(=O)O)[C@H](COS(=O)(=O)O)OS(=O)(=O)O. The molecule has 0 aromatic carbocycles. The molecule has 2 rings (SSSR count). The molecule has 720 valence electrons. The first-order chi connectivity index (χ1) is 53.8. The van der Waals surface area contributed by atoms with Gasteiger partial charge in [-0.05, 0) is 12.8 Å². The van der Waals surface area contributed by atoms with Crippen molar-refractivity contribution in [1.82, 2.24) is 10.6 Å². The molecule has 18 N–H and O–H groups in total. The minimum Gasteiger partial charge on any atom is -0.354 e. The quantitative estimate of drug-likeness (QED) is 0.0199. The van der Waals surface area contributed by atoms with E-state index >= 15 is 0 Å². The van der Waals surface area contributed by atoms with E-state index in [-0.39, 0.29) is 32.1 Å². The van der Waals surface area contributed by atoms with Gasteiger partial charge < -0.3 is 29.6 Å². The van der Waals surface area contributed by atoms with Crippen LogP contribution < -0.4 is 10.6 Å². The van der Waals surface area contributed by atoms with E-state index in [0.29, 0.717) is 0 Å². The van der Waals surface area contributed by atoms with Crippen molar-refractivity contribution in [2.45, 2.75) is 155 Å². The molecule has 72 nitrogen and oxygen atoms in total. The highest BCUT2D eigenvalue weighted by Crippen LogP contribution is 2.38. The molecule has 2 saturated heterocycles. The molecule has 18 atom stereocenters. The van der Waals surface area contributed by atoms with E-state index in [0.717, 1.165) is 0 Å². The van der Waals surface area contributed by atoms with Crippen LogP contribution in [0.1, 0.15) is 44.9 Å². The van der Waals surface area contributed by atoms with Crippen LogP contribution in [0.3, 0.4) is 0 Å². The van der Waals surface area contributed by atoms with E-state index in [2.05, 4.69) is 66.9 Å².